The first-order valence-corrected chi connectivity index (χ1v) is 6.04. The van der Waals surface area contributed by atoms with E-state index in [0.29, 0.717) is 24.5 Å². The van der Waals surface area contributed by atoms with Crippen LogP contribution in [0.2, 0.25) is 0 Å². The Hall–Kier alpha value is -1.67. The summed E-state index contributed by atoms with van der Waals surface area (Å²) in [5, 5.41) is 17.4. The van der Waals surface area contributed by atoms with Gasteiger partial charge in [-0.05, 0) is 33.3 Å². The van der Waals surface area contributed by atoms with Crippen molar-refractivity contribution in [1.82, 2.24) is 10.2 Å². The van der Waals surface area contributed by atoms with E-state index in [1.807, 2.05) is 39.6 Å². The third-order valence-electron chi connectivity index (χ3n) is 2.79. The third kappa shape index (κ3) is 3.41. The molecule has 1 aromatic heterocycles. The molecule has 0 bridgehead atoms. The van der Waals surface area contributed by atoms with E-state index < -0.39 is 0 Å². The van der Waals surface area contributed by atoms with E-state index in [0.717, 1.165) is 11.3 Å². The van der Waals surface area contributed by atoms with Crippen LogP contribution >= 0.6 is 0 Å². The fraction of sp³-hybridized carbons (Fsp3) is 0.615. The maximum atomic E-state index is 9.21. The summed E-state index contributed by atoms with van der Waals surface area (Å²) in [6.45, 7) is 9.03. The van der Waals surface area contributed by atoms with E-state index in [2.05, 4.69) is 16.3 Å². The largest absolute Gasteiger partial charge is 0.377 e. The van der Waals surface area contributed by atoms with Crippen LogP contribution in [0.4, 0.5) is 5.82 Å². The van der Waals surface area contributed by atoms with E-state index in [-0.39, 0.29) is 6.10 Å². The molecule has 0 spiro atoms. The summed E-state index contributed by atoms with van der Waals surface area (Å²) in [5.74, 6) is 0.618. The highest BCUT2D eigenvalue weighted by molar-refractivity contribution is 5.57. The Bertz CT molecular complexity index is 451. The van der Waals surface area contributed by atoms with Gasteiger partial charge in [0.2, 0.25) is 0 Å². The number of hydrogen-bond donors (Lipinski definition) is 0. The highest BCUT2D eigenvalue weighted by Gasteiger charge is 2.14. The summed E-state index contributed by atoms with van der Waals surface area (Å²) >= 11 is 0. The Labute approximate surface area is 108 Å². The maximum Gasteiger partial charge on any atom is 0.169 e. The predicted molar refractivity (Wildman–Crippen MR) is 70.6 cm³/mol. The van der Waals surface area contributed by atoms with Gasteiger partial charge in [0, 0.05) is 13.6 Å². The van der Waals surface area contributed by atoms with Gasteiger partial charge in [0.25, 0.3) is 0 Å². The first kappa shape index (κ1) is 14.4. The third-order valence-corrected chi connectivity index (χ3v) is 2.79. The van der Waals surface area contributed by atoms with Crippen LogP contribution in [-0.2, 0) is 4.74 Å². The Morgan fingerprint density at radius 3 is 2.56 bits per heavy atom. The molecule has 0 aliphatic heterocycles. The van der Waals surface area contributed by atoms with Crippen LogP contribution in [-0.4, -0.2) is 36.5 Å². The van der Waals surface area contributed by atoms with Crippen molar-refractivity contribution < 1.29 is 4.74 Å². The van der Waals surface area contributed by atoms with Crippen molar-refractivity contribution in [3.8, 4) is 6.07 Å². The lowest BCUT2D eigenvalue weighted by molar-refractivity contribution is 0.0845. The van der Waals surface area contributed by atoms with Crippen molar-refractivity contribution in [3.63, 3.8) is 0 Å². The topological polar surface area (TPSA) is 62.0 Å². The normalized spacial score (nSPS) is 10.5. The van der Waals surface area contributed by atoms with Crippen LogP contribution in [0.3, 0.4) is 0 Å². The molecule has 0 saturated heterocycles. The Morgan fingerprint density at radius 2 is 2.00 bits per heavy atom. The van der Waals surface area contributed by atoms with E-state index in [1.54, 1.807) is 0 Å². The Balaban J connectivity index is 2.83. The number of aryl methyl sites for hydroxylation is 1. The lowest BCUT2D eigenvalue weighted by Gasteiger charge is -2.20. The number of ether oxygens (including phenoxy) is 1. The standard InChI is InChI=1S/C13H20N4O/c1-9(2)18-7-6-17(5)13-12(8-14)10(3)11(4)15-16-13/h9H,6-7H2,1-5H3. The van der Waals surface area contributed by atoms with Gasteiger partial charge in [0.1, 0.15) is 11.6 Å². The molecule has 0 unspecified atom stereocenters. The number of aromatic nitrogens is 2. The Morgan fingerprint density at radius 1 is 1.33 bits per heavy atom. The zero-order valence-electron chi connectivity index (χ0n) is 11.7. The first-order valence-electron chi connectivity index (χ1n) is 6.04. The quantitative estimate of drug-likeness (QED) is 0.795. The van der Waals surface area contributed by atoms with Crippen LogP contribution in [0, 0.1) is 25.2 Å². The lowest BCUT2D eigenvalue weighted by atomic mass is 10.1. The van der Waals surface area contributed by atoms with Gasteiger partial charge in [-0.15, -0.1) is 5.10 Å². The molecular weight excluding hydrogens is 228 g/mol. The molecule has 5 nitrogen and oxygen atoms in total. The van der Waals surface area contributed by atoms with Gasteiger partial charge < -0.3 is 9.64 Å². The number of hydrogen-bond acceptors (Lipinski definition) is 5. The molecule has 98 valence electrons. The average Bonchev–Trinajstić information content (AvgIpc) is 2.31. The minimum Gasteiger partial charge on any atom is -0.377 e. The van der Waals surface area contributed by atoms with Gasteiger partial charge in [0.15, 0.2) is 5.82 Å². The molecule has 5 heteroatoms. The van der Waals surface area contributed by atoms with Crippen LogP contribution in [0.5, 0.6) is 0 Å². The van der Waals surface area contributed by atoms with Gasteiger partial charge in [-0.1, -0.05) is 0 Å². The van der Waals surface area contributed by atoms with Crippen molar-refractivity contribution >= 4 is 5.82 Å². The molecule has 0 aliphatic carbocycles. The van der Waals surface area contributed by atoms with E-state index in [1.165, 1.54) is 0 Å². The van der Waals surface area contributed by atoms with Crippen molar-refractivity contribution in [2.24, 2.45) is 0 Å². The predicted octanol–water partition coefficient (Wildman–Crippen LogP) is 1.83. The minimum absolute atomic E-state index is 0.208. The molecule has 1 rings (SSSR count). The highest BCUT2D eigenvalue weighted by Crippen LogP contribution is 2.19. The van der Waals surface area contributed by atoms with Gasteiger partial charge in [-0.2, -0.15) is 10.4 Å². The highest BCUT2D eigenvalue weighted by atomic mass is 16.5. The summed E-state index contributed by atoms with van der Waals surface area (Å²) in [6, 6.07) is 2.20. The van der Waals surface area contributed by atoms with E-state index in [9.17, 15) is 5.26 Å². The summed E-state index contributed by atoms with van der Waals surface area (Å²) in [7, 11) is 1.89. The molecule has 0 amide bonds. The molecule has 0 N–H and O–H groups in total. The molecule has 0 fully saturated rings. The molecule has 1 aromatic rings. The number of nitriles is 1. The molecule has 0 atom stereocenters. The number of likely N-dealkylation sites (N-methyl/N-ethyl adjacent to an activating group) is 1. The van der Waals surface area contributed by atoms with Crippen LogP contribution in [0.15, 0.2) is 0 Å². The van der Waals surface area contributed by atoms with Crippen LogP contribution in [0.25, 0.3) is 0 Å². The fourth-order valence-electron chi connectivity index (χ4n) is 1.53. The molecule has 1 heterocycles. The number of nitrogens with zero attached hydrogens (tertiary/aromatic N) is 4. The zero-order valence-corrected chi connectivity index (χ0v) is 11.7. The molecular formula is C13H20N4O. The lowest BCUT2D eigenvalue weighted by Crippen LogP contribution is -2.26. The summed E-state index contributed by atoms with van der Waals surface area (Å²) < 4.78 is 5.49. The zero-order chi connectivity index (χ0) is 13.7. The van der Waals surface area contributed by atoms with Gasteiger partial charge in [0.05, 0.1) is 18.4 Å². The van der Waals surface area contributed by atoms with Crippen molar-refractivity contribution in [1.29, 1.82) is 5.26 Å². The van der Waals surface area contributed by atoms with Crippen molar-refractivity contribution in [3.05, 3.63) is 16.8 Å². The molecule has 0 aliphatic rings. The van der Waals surface area contributed by atoms with Crippen LogP contribution in [0.1, 0.15) is 30.7 Å². The van der Waals surface area contributed by atoms with Crippen molar-refractivity contribution in [2.75, 3.05) is 25.1 Å². The SMILES string of the molecule is Cc1nnc(N(C)CCOC(C)C)c(C#N)c1C. The van der Waals surface area contributed by atoms with Crippen LogP contribution < -0.4 is 4.90 Å². The monoisotopic (exact) mass is 248 g/mol. The maximum absolute atomic E-state index is 9.21. The second kappa shape index (κ2) is 6.31. The van der Waals surface area contributed by atoms with Gasteiger partial charge in [-0.3, -0.25) is 0 Å². The molecule has 0 aromatic carbocycles. The smallest absolute Gasteiger partial charge is 0.169 e. The second-order valence-corrected chi connectivity index (χ2v) is 4.56. The number of rotatable bonds is 5. The summed E-state index contributed by atoms with van der Waals surface area (Å²) in [6.07, 6.45) is 0.208. The summed E-state index contributed by atoms with van der Waals surface area (Å²) in [4.78, 5) is 1.90. The summed E-state index contributed by atoms with van der Waals surface area (Å²) in [5.41, 5.74) is 2.27. The number of anilines is 1. The fourth-order valence-corrected chi connectivity index (χ4v) is 1.53. The van der Waals surface area contributed by atoms with Gasteiger partial charge in [-0.25, -0.2) is 0 Å². The van der Waals surface area contributed by atoms with E-state index >= 15 is 0 Å². The average molecular weight is 248 g/mol. The minimum atomic E-state index is 0.208. The second-order valence-electron chi connectivity index (χ2n) is 4.56. The van der Waals surface area contributed by atoms with Crippen molar-refractivity contribution in [2.45, 2.75) is 33.8 Å². The molecule has 18 heavy (non-hydrogen) atoms. The molecule has 0 radical (unpaired) electrons. The Kier molecular flexibility index (Phi) is 5.05. The van der Waals surface area contributed by atoms with E-state index in [4.69, 9.17) is 4.74 Å². The van der Waals surface area contributed by atoms with Gasteiger partial charge >= 0.3 is 0 Å². The first-order chi connectivity index (χ1) is 8.47. The molecule has 0 saturated carbocycles.